The van der Waals surface area contributed by atoms with Gasteiger partial charge in [-0.15, -0.1) is 0 Å². The van der Waals surface area contributed by atoms with Gasteiger partial charge in [0, 0.05) is 50.5 Å². The van der Waals surface area contributed by atoms with Crippen molar-refractivity contribution in [3.63, 3.8) is 0 Å². The average Bonchev–Trinajstić information content (AvgIpc) is 3.06. The highest BCUT2D eigenvalue weighted by Gasteiger charge is 2.22. The summed E-state index contributed by atoms with van der Waals surface area (Å²) in [6.45, 7) is 4.70. The van der Waals surface area contributed by atoms with Crippen LogP contribution in [0.4, 0.5) is 10.5 Å². The molecule has 2 aromatic heterocycles. The van der Waals surface area contributed by atoms with Gasteiger partial charge in [-0.05, 0) is 38.2 Å². The number of fused-ring (bicyclic) bond motifs is 1. The van der Waals surface area contributed by atoms with Crippen molar-refractivity contribution in [3.05, 3.63) is 52.3 Å². The van der Waals surface area contributed by atoms with Gasteiger partial charge < -0.3 is 15.1 Å². The average molecular weight is 470 g/mol. The van der Waals surface area contributed by atoms with Gasteiger partial charge in [0.2, 0.25) is 0 Å². The second-order valence-electron chi connectivity index (χ2n) is 8.00. The second kappa shape index (κ2) is 9.16. The molecule has 0 atom stereocenters. The highest BCUT2D eigenvalue weighted by molar-refractivity contribution is 6.34. The van der Waals surface area contributed by atoms with Gasteiger partial charge in [-0.1, -0.05) is 11.6 Å². The molecule has 1 aliphatic rings. The van der Waals surface area contributed by atoms with Crippen molar-refractivity contribution in [1.29, 1.82) is 0 Å². The van der Waals surface area contributed by atoms with Crippen LogP contribution in [0.15, 0.2) is 30.5 Å². The van der Waals surface area contributed by atoms with Crippen LogP contribution in [0.3, 0.4) is 0 Å². The quantitative estimate of drug-likeness (QED) is 0.608. The maximum atomic E-state index is 12.7. The van der Waals surface area contributed by atoms with Crippen molar-refractivity contribution in [3.8, 4) is 0 Å². The molecule has 0 radical (unpaired) electrons. The van der Waals surface area contributed by atoms with Gasteiger partial charge in [-0.25, -0.2) is 9.78 Å². The molecule has 1 aliphatic heterocycles. The molecular formula is C22H24ClN7O3. The Morgan fingerprint density at radius 2 is 1.79 bits per heavy atom. The van der Waals surface area contributed by atoms with Crippen LogP contribution in [0.1, 0.15) is 26.4 Å². The number of pyridine rings is 1. The summed E-state index contributed by atoms with van der Waals surface area (Å²) in [5.41, 5.74) is 2.35. The molecule has 1 fully saturated rings. The molecule has 2 N–H and O–H groups in total. The van der Waals surface area contributed by atoms with Gasteiger partial charge in [0.15, 0.2) is 5.65 Å². The lowest BCUT2D eigenvalue weighted by atomic mass is 10.1. The first kappa shape index (κ1) is 22.7. The van der Waals surface area contributed by atoms with E-state index in [-0.39, 0.29) is 16.5 Å². The maximum Gasteiger partial charge on any atom is 0.326 e. The minimum atomic E-state index is -0.725. The molecule has 3 aromatic rings. The van der Waals surface area contributed by atoms with Gasteiger partial charge in [0.05, 0.1) is 21.8 Å². The Balaban J connectivity index is 1.40. The van der Waals surface area contributed by atoms with Crippen molar-refractivity contribution in [1.82, 2.24) is 29.9 Å². The van der Waals surface area contributed by atoms with E-state index in [1.165, 1.54) is 12.3 Å². The summed E-state index contributed by atoms with van der Waals surface area (Å²) >= 11 is 6.32. The number of urea groups is 1. The molecule has 4 amide bonds. The third kappa shape index (κ3) is 4.81. The van der Waals surface area contributed by atoms with Crippen LogP contribution in [0, 0.1) is 6.92 Å². The highest BCUT2D eigenvalue weighted by Crippen LogP contribution is 2.23. The Labute approximate surface area is 195 Å². The number of amides is 4. The number of hydrogen-bond acceptors (Lipinski definition) is 6. The molecule has 33 heavy (non-hydrogen) atoms. The zero-order valence-electron chi connectivity index (χ0n) is 18.6. The number of benzene rings is 1. The van der Waals surface area contributed by atoms with E-state index in [0.29, 0.717) is 30.0 Å². The van der Waals surface area contributed by atoms with Crippen molar-refractivity contribution >= 4 is 46.2 Å². The summed E-state index contributed by atoms with van der Waals surface area (Å²) in [7, 11) is 3.78. The van der Waals surface area contributed by atoms with Gasteiger partial charge in [-0.3, -0.25) is 19.6 Å². The number of nitrogens with zero attached hydrogens (tertiary/aromatic N) is 5. The molecule has 1 aromatic carbocycles. The lowest BCUT2D eigenvalue weighted by Crippen LogP contribution is -2.47. The standard InChI is InChI=1S/C22H24ClN7O3/c1-13-17-10-14(12-24-19(17)29(3)27-13)20(31)26-22(33)25-15-4-5-16(18(23)11-15)21(32)30-8-6-28(2)7-9-30/h4-5,10-12H,6-9H2,1-3H3,(H2,25,26,31,33). The number of rotatable bonds is 3. The first-order chi connectivity index (χ1) is 15.7. The molecule has 10 nitrogen and oxygen atoms in total. The van der Waals surface area contributed by atoms with E-state index in [2.05, 4.69) is 25.6 Å². The van der Waals surface area contributed by atoms with Crippen LogP contribution in [-0.4, -0.2) is 75.6 Å². The minimum absolute atomic E-state index is 0.145. The predicted octanol–water partition coefficient (Wildman–Crippen LogP) is 2.28. The third-order valence-electron chi connectivity index (χ3n) is 5.60. The number of aromatic nitrogens is 3. The van der Waals surface area contributed by atoms with Gasteiger partial charge in [-0.2, -0.15) is 5.10 Å². The topological polar surface area (TPSA) is 112 Å². The summed E-state index contributed by atoms with van der Waals surface area (Å²) < 4.78 is 1.63. The molecule has 4 rings (SSSR count). The second-order valence-corrected chi connectivity index (χ2v) is 8.41. The molecule has 11 heteroatoms. The van der Waals surface area contributed by atoms with Crippen LogP contribution >= 0.6 is 11.6 Å². The zero-order chi connectivity index (χ0) is 23.7. The number of piperazine rings is 1. The van der Waals surface area contributed by atoms with E-state index in [1.807, 2.05) is 14.0 Å². The number of carbonyl (C=O) groups excluding carboxylic acids is 3. The summed E-state index contributed by atoms with van der Waals surface area (Å²) in [5.74, 6) is -0.744. The SMILES string of the molecule is Cc1nn(C)c2ncc(C(=O)NC(=O)Nc3ccc(C(=O)N4CCN(C)CC4)c(Cl)c3)cc12. The van der Waals surface area contributed by atoms with Crippen molar-refractivity contribution < 1.29 is 14.4 Å². The monoisotopic (exact) mass is 469 g/mol. The van der Waals surface area contributed by atoms with Crippen LogP contribution in [0.2, 0.25) is 5.02 Å². The molecule has 3 heterocycles. The predicted molar refractivity (Wildman–Crippen MR) is 125 cm³/mol. The number of carbonyl (C=O) groups is 3. The van der Waals surface area contributed by atoms with Gasteiger partial charge in [0.25, 0.3) is 11.8 Å². The highest BCUT2D eigenvalue weighted by atomic mass is 35.5. The smallest absolute Gasteiger partial charge is 0.326 e. The summed E-state index contributed by atoms with van der Waals surface area (Å²) in [6.07, 6.45) is 1.39. The Morgan fingerprint density at radius 1 is 1.06 bits per heavy atom. The Bertz CT molecular complexity index is 1250. The van der Waals surface area contributed by atoms with Crippen LogP contribution in [0.5, 0.6) is 0 Å². The largest absolute Gasteiger partial charge is 0.336 e. The Hall–Kier alpha value is -3.50. The Morgan fingerprint density at radius 3 is 2.48 bits per heavy atom. The number of halogens is 1. The van der Waals surface area contributed by atoms with E-state index in [1.54, 1.807) is 34.8 Å². The Kier molecular flexibility index (Phi) is 6.30. The molecular weight excluding hydrogens is 446 g/mol. The fraction of sp³-hybridized carbons (Fsp3) is 0.318. The third-order valence-corrected chi connectivity index (χ3v) is 5.91. The normalized spacial score (nSPS) is 14.4. The molecule has 1 saturated heterocycles. The summed E-state index contributed by atoms with van der Waals surface area (Å²) in [6, 6.07) is 5.55. The summed E-state index contributed by atoms with van der Waals surface area (Å²) in [4.78, 5) is 45.7. The van der Waals surface area contributed by atoms with Crippen LogP contribution in [-0.2, 0) is 7.05 Å². The molecule has 0 bridgehead atoms. The van der Waals surface area contributed by atoms with Crippen molar-refractivity contribution in [2.75, 3.05) is 38.5 Å². The van der Waals surface area contributed by atoms with E-state index in [4.69, 9.17) is 11.6 Å². The van der Waals surface area contributed by atoms with Gasteiger partial charge in [0.1, 0.15) is 0 Å². The molecule has 0 aliphatic carbocycles. The fourth-order valence-electron chi connectivity index (χ4n) is 3.72. The molecule has 0 unspecified atom stereocenters. The van der Waals surface area contributed by atoms with E-state index in [0.717, 1.165) is 24.2 Å². The number of imide groups is 1. The lowest BCUT2D eigenvalue weighted by molar-refractivity contribution is 0.0664. The van der Waals surface area contributed by atoms with E-state index in [9.17, 15) is 14.4 Å². The number of nitrogens with one attached hydrogen (secondary N) is 2. The fourth-order valence-corrected chi connectivity index (χ4v) is 3.98. The lowest BCUT2D eigenvalue weighted by Gasteiger charge is -2.32. The minimum Gasteiger partial charge on any atom is -0.336 e. The molecule has 0 spiro atoms. The number of anilines is 1. The van der Waals surface area contributed by atoms with Crippen molar-refractivity contribution in [2.24, 2.45) is 7.05 Å². The number of likely N-dealkylation sites (N-methyl/N-ethyl adjacent to an activating group) is 1. The first-order valence-electron chi connectivity index (χ1n) is 10.4. The molecule has 0 saturated carbocycles. The number of hydrogen-bond donors (Lipinski definition) is 2. The zero-order valence-corrected chi connectivity index (χ0v) is 19.3. The van der Waals surface area contributed by atoms with Crippen LogP contribution in [0.25, 0.3) is 11.0 Å². The maximum absolute atomic E-state index is 12.7. The van der Waals surface area contributed by atoms with Gasteiger partial charge >= 0.3 is 6.03 Å². The number of aryl methyl sites for hydroxylation is 2. The summed E-state index contributed by atoms with van der Waals surface area (Å²) in [5, 5.41) is 10.1. The van der Waals surface area contributed by atoms with Crippen LogP contribution < -0.4 is 10.6 Å². The van der Waals surface area contributed by atoms with E-state index < -0.39 is 11.9 Å². The van der Waals surface area contributed by atoms with E-state index >= 15 is 0 Å². The first-order valence-corrected chi connectivity index (χ1v) is 10.8. The molecule has 172 valence electrons. The van der Waals surface area contributed by atoms with Crippen molar-refractivity contribution in [2.45, 2.75) is 6.92 Å².